The van der Waals surface area contributed by atoms with E-state index in [1.165, 1.54) is 0 Å². The Kier molecular flexibility index (Phi) is 5.03. The number of urea groups is 1. The largest absolute Gasteiger partial charge is 0.322 e. The molecular weight excluding hydrogens is 314 g/mol. The van der Waals surface area contributed by atoms with E-state index >= 15 is 0 Å². The maximum Gasteiger partial charge on any atom is 0.322 e. The second kappa shape index (κ2) is 7.38. The average molecular weight is 337 g/mol. The number of rotatable bonds is 3. The van der Waals surface area contributed by atoms with Crippen LogP contribution in [-0.2, 0) is 11.2 Å². The number of benzene rings is 2. The molecular formula is C20H23N3O2. The Morgan fingerprint density at radius 1 is 1.08 bits per heavy atom. The average Bonchev–Trinajstić information content (AvgIpc) is 2.64. The number of piperazine rings is 1. The van der Waals surface area contributed by atoms with E-state index in [-0.39, 0.29) is 11.9 Å². The number of nitrogens with one attached hydrogen (secondary N) is 1. The van der Waals surface area contributed by atoms with Crippen molar-refractivity contribution in [1.29, 1.82) is 0 Å². The van der Waals surface area contributed by atoms with Gasteiger partial charge in [-0.1, -0.05) is 43.3 Å². The summed E-state index contributed by atoms with van der Waals surface area (Å²) in [4.78, 5) is 28.8. The first-order chi connectivity index (χ1) is 12.1. The molecule has 0 spiro atoms. The Balaban J connectivity index is 1.74. The van der Waals surface area contributed by atoms with Crippen molar-refractivity contribution in [2.24, 2.45) is 0 Å². The Labute approximate surface area is 148 Å². The first-order valence-corrected chi connectivity index (χ1v) is 8.63. The van der Waals surface area contributed by atoms with Crippen molar-refractivity contribution in [3.8, 4) is 0 Å². The SMILES string of the molecule is CCc1ccccc1N1CCN(C(=O)Nc2ccccc2)C(C)C1=O. The summed E-state index contributed by atoms with van der Waals surface area (Å²) in [6.45, 7) is 4.87. The van der Waals surface area contributed by atoms with E-state index in [2.05, 4.69) is 12.2 Å². The number of para-hydroxylation sites is 2. The minimum atomic E-state index is -0.498. The summed E-state index contributed by atoms with van der Waals surface area (Å²) >= 11 is 0. The predicted octanol–water partition coefficient (Wildman–Crippen LogP) is 3.52. The number of nitrogens with zero attached hydrogens (tertiary/aromatic N) is 2. The van der Waals surface area contributed by atoms with E-state index in [1.807, 2.05) is 54.6 Å². The Bertz CT molecular complexity index is 761. The molecule has 0 bridgehead atoms. The van der Waals surface area contributed by atoms with E-state index < -0.39 is 6.04 Å². The highest BCUT2D eigenvalue weighted by Gasteiger charge is 2.35. The van der Waals surface area contributed by atoms with Crippen molar-refractivity contribution in [2.45, 2.75) is 26.3 Å². The van der Waals surface area contributed by atoms with Gasteiger partial charge in [-0.3, -0.25) is 4.79 Å². The van der Waals surface area contributed by atoms with Crippen molar-refractivity contribution in [2.75, 3.05) is 23.3 Å². The molecule has 5 heteroatoms. The van der Waals surface area contributed by atoms with Crippen molar-refractivity contribution >= 4 is 23.3 Å². The van der Waals surface area contributed by atoms with Crippen molar-refractivity contribution in [3.05, 3.63) is 60.2 Å². The zero-order chi connectivity index (χ0) is 17.8. The van der Waals surface area contributed by atoms with Crippen molar-refractivity contribution in [3.63, 3.8) is 0 Å². The van der Waals surface area contributed by atoms with Crippen LogP contribution in [0.15, 0.2) is 54.6 Å². The summed E-state index contributed by atoms with van der Waals surface area (Å²) in [5, 5.41) is 2.86. The van der Waals surface area contributed by atoms with E-state index in [0.717, 1.165) is 23.4 Å². The molecule has 2 aromatic carbocycles. The molecule has 3 amide bonds. The maximum atomic E-state index is 12.9. The highest BCUT2D eigenvalue weighted by atomic mass is 16.2. The topological polar surface area (TPSA) is 52.6 Å². The molecule has 0 aliphatic carbocycles. The van der Waals surface area contributed by atoms with Gasteiger partial charge in [0.15, 0.2) is 0 Å². The van der Waals surface area contributed by atoms with Crippen LogP contribution >= 0.6 is 0 Å². The van der Waals surface area contributed by atoms with Crippen molar-refractivity contribution in [1.82, 2.24) is 4.90 Å². The number of hydrogen-bond acceptors (Lipinski definition) is 2. The van der Waals surface area contributed by atoms with Gasteiger partial charge < -0.3 is 15.1 Å². The summed E-state index contributed by atoms with van der Waals surface area (Å²) in [5.41, 5.74) is 2.82. The molecule has 25 heavy (non-hydrogen) atoms. The highest BCUT2D eigenvalue weighted by Crippen LogP contribution is 2.25. The number of hydrogen-bond donors (Lipinski definition) is 1. The van der Waals surface area contributed by atoms with E-state index in [0.29, 0.717) is 13.1 Å². The van der Waals surface area contributed by atoms with Crippen LogP contribution in [0.4, 0.5) is 16.2 Å². The van der Waals surface area contributed by atoms with Gasteiger partial charge in [-0.05, 0) is 37.1 Å². The Morgan fingerprint density at radius 3 is 2.48 bits per heavy atom. The molecule has 3 rings (SSSR count). The molecule has 1 unspecified atom stereocenters. The molecule has 1 aliphatic heterocycles. The molecule has 5 nitrogen and oxygen atoms in total. The van der Waals surface area contributed by atoms with Gasteiger partial charge in [-0.2, -0.15) is 0 Å². The molecule has 1 heterocycles. The summed E-state index contributed by atoms with van der Waals surface area (Å²) in [5.74, 6) is -0.0460. The standard InChI is InChI=1S/C20H23N3O2/c1-3-16-9-7-8-12-18(16)23-14-13-22(15(2)19(23)24)20(25)21-17-10-5-4-6-11-17/h4-12,15H,3,13-14H2,1-2H3,(H,21,25). The maximum absolute atomic E-state index is 12.9. The fraction of sp³-hybridized carbons (Fsp3) is 0.300. The molecule has 1 atom stereocenters. The van der Waals surface area contributed by atoms with Crippen molar-refractivity contribution < 1.29 is 9.59 Å². The first-order valence-electron chi connectivity index (χ1n) is 8.63. The van der Waals surface area contributed by atoms with Gasteiger partial charge in [-0.15, -0.1) is 0 Å². The van der Waals surface area contributed by atoms with Crippen LogP contribution in [0.1, 0.15) is 19.4 Å². The molecule has 0 saturated carbocycles. The first kappa shape index (κ1) is 17.0. The Hall–Kier alpha value is -2.82. The third kappa shape index (κ3) is 3.50. The quantitative estimate of drug-likeness (QED) is 0.932. The van der Waals surface area contributed by atoms with Crippen LogP contribution in [0.25, 0.3) is 0 Å². The molecule has 1 saturated heterocycles. The normalized spacial score (nSPS) is 17.5. The molecule has 2 aromatic rings. The summed E-state index contributed by atoms with van der Waals surface area (Å²) in [6, 6.07) is 16.5. The monoisotopic (exact) mass is 337 g/mol. The molecule has 1 N–H and O–H groups in total. The minimum Gasteiger partial charge on any atom is -0.311 e. The fourth-order valence-electron chi connectivity index (χ4n) is 3.18. The lowest BCUT2D eigenvalue weighted by molar-refractivity contribution is -0.123. The lowest BCUT2D eigenvalue weighted by atomic mass is 10.1. The number of carbonyl (C=O) groups is 2. The van der Waals surface area contributed by atoms with Gasteiger partial charge in [0.05, 0.1) is 0 Å². The third-order valence-corrected chi connectivity index (χ3v) is 4.60. The zero-order valence-corrected chi connectivity index (χ0v) is 14.6. The third-order valence-electron chi connectivity index (χ3n) is 4.60. The highest BCUT2D eigenvalue weighted by molar-refractivity contribution is 6.02. The van der Waals surface area contributed by atoms with Crippen LogP contribution in [0.2, 0.25) is 0 Å². The molecule has 1 aliphatic rings. The van der Waals surface area contributed by atoms with Gasteiger partial charge in [-0.25, -0.2) is 4.79 Å². The summed E-state index contributed by atoms with van der Waals surface area (Å²) in [6.07, 6.45) is 0.868. The van der Waals surface area contributed by atoms with Crippen LogP contribution in [0.5, 0.6) is 0 Å². The van der Waals surface area contributed by atoms with Crippen LogP contribution < -0.4 is 10.2 Å². The van der Waals surface area contributed by atoms with Crippen LogP contribution in [0.3, 0.4) is 0 Å². The van der Waals surface area contributed by atoms with E-state index in [1.54, 1.807) is 16.7 Å². The van der Waals surface area contributed by atoms with Gasteiger partial charge in [0, 0.05) is 24.5 Å². The second-order valence-corrected chi connectivity index (χ2v) is 6.14. The minimum absolute atomic E-state index is 0.0460. The number of anilines is 2. The van der Waals surface area contributed by atoms with Gasteiger partial charge in [0.1, 0.15) is 6.04 Å². The second-order valence-electron chi connectivity index (χ2n) is 6.14. The lowest BCUT2D eigenvalue weighted by Gasteiger charge is -2.39. The number of aryl methyl sites for hydroxylation is 1. The molecule has 0 radical (unpaired) electrons. The number of carbonyl (C=O) groups excluding carboxylic acids is 2. The fourth-order valence-corrected chi connectivity index (χ4v) is 3.18. The summed E-state index contributed by atoms with van der Waals surface area (Å²) < 4.78 is 0. The predicted molar refractivity (Wildman–Crippen MR) is 99.8 cm³/mol. The molecule has 1 fully saturated rings. The van der Waals surface area contributed by atoms with E-state index in [9.17, 15) is 9.59 Å². The zero-order valence-electron chi connectivity index (χ0n) is 14.6. The number of amides is 3. The van der Waals surface area contributed by atoms with Crippen LogP contribution in [-0.4, -0.2) is 36.0 Å². The van der Waals surface area contributed by atoms with Crippen LogP contribution in [0, 0.1) is 0 Å². The van der Waals surface area contributed by atoms with Gasteiger partial charge in [0.25, 0.3) is 0 Å². The molecule has 130 valence electrons. The van der Waals surface area contributed by atoms with Gasteiger partial charge in [0.2, 0.25) is 5.91 Å². The van der Waals surface area contributed by atoms with Gasteiger partial charge >= 0.3 is 6.03 Å². The van der Waals surface area contributed by atoms with E-state index in [4.69, 9.17) is 0 Å². The molecule has 0 aromatic heterocycles. The smallest absolute Gasteiger partial charge is 0.311 e. The Morgan fingerprint density at radius 2 is 1.76 bits per heavy atom. The summed E-state index contributed by atoms with van der Waals surface area (Å²) in [7, 11) is 0. The lowest BCUT2D eigenvalue weighted by Crippen LogP contribution is -2.58.